The van der Waals surface area contributed by atoms with E-state index in [0.717, 1.165) is 53.0 Å². The van der Waals surface area contributed by atoms with E-state index in [4.69, 9.17) is 9.15 Å². The molecule has 0 N–H and O–H groups in total. The number of nitrogens with zero attached hydrogens (tertiary/aromatic N) is 3. The second-order valence-electron chi connectivity index (χ2n) is 9.34. The van der Waals surface area contributed by atoms with Gasteiger partial charge in [-0.1, -0.05) is 55.5 Å². The van der Waals surface area contributed by atoms with Gasteiger partial charge in [0, 0.05) is 25.2 Å². The number of hydrogen-bond acceptors (Lipinski definition) is 4. The van der Waals surface area contributed by atoms with Gasteiger partial charge in [0.25, 0.3) is 0 Å². The summed E-state index contributed by atoms with van der Waals surface area (Å²) in [6.07, 6.45) is 2.04. The number of benzene rings is 3. The van der Waals surface area contributed by atoms with Crippen molar-refractivity contribution in [3.05, 3.63) is 126 Å². The summed E-state index contributed by atoms with van der Waals surface area (Å²) in [5.74, 6) is 1.99. The molecule has 39 heavy (non-hydrogen) atoms. The average molecular weight is 532 g/mol. The molecule has 0 radical (unpaired) electrons. The van der Waals surface area contributed by atoms with Crippen molar-refractivity contribution in [1.29, 1.82) is 0 Å². The number of aryl methyl sites for hydroxylation is 1. The largest absolute Gasteiger partial charge is 0.489 e. The maximum Gasteiger partial charge on any atom is 0.416 e. The topological polar surface area (TPSA) is 53.1 Å². The third kappa shape index (κ3) is 6.57. The summed E-state index contributed by atoms with van der Waals surface area (Å²) in [6, 6.07) is 24.6. The van der Waals surface area contributed by atoms with E-state index in [0.29, 0.717) is 24.8 Å². The first-order valence-corrected chi connectivity index (χ1v) is 12.8. The molecule has 5 rings (SSSR count). The van der Waals surface area contributed by atoms with Gasteiger partial charge in [0.05, 0.1) is 5.56 Å². The lowest BCUT2D eigenvalue weighted by atomic mass is 10.0. The molecule has 0 bridgehead atoms. The van der Waals surface area contributed by atoms with Crippen LogP contribution in [0.1, 0.15) is 47.9 Å². The molecular weight excluding hydrogens is 503 g/mol. The van der Waals surface area contributed by atoms with Crippen molar-refractivity contribution in [2.45, 2.75) is 45.0 Å². The summed E-state index contributed by atoms with van der Waals surface area (Å²) in [5.41, 5.74) is 2.99. The third-order valence-electron chi connectivity index (χ3n) is 6.48. The number of ether oxygens (including phenoxy) is 1. The first-order valence-electron chi connectivity index (χ1n) is 12.8. The van der Waals surface area contributed by atoms with E-state index in [1.807, 2.05) is 73.1 Å². The molecule has 0 amide bonds. The van der Waals surface area contributed by atoms with Crippen molar-refractivity contribution in [1.82, 2.24) is 14.8 Å². The maximum atomic E-state index is 12.8. The van der Waals surface area contributed by atoms with Crippen molar-refractivity contribution in [3.8, 4) is 16.9 Å². The molecule has 0 saturated carbocycles. The predicted octanol–water partition coefficient (Wildman–Crippen LogP) is 7.92. The molecule has 5 nitrogen and oxygen atoms in total. The Morgan fingerprint density at radius 2 is 1.44 bits per heavy atom. The smallest absolute Gasteiger partial charge is 0.416 e. The van der Waals surface area contributed by atoms with E-state index in [-0.39, 0.29) is 6.04 Å². The van der Waals surface area contributed by atoms with Gasteiger partial charge in [-0.05, 0) is 65.1 Å². The van der Waals surface area contributed by atoms with Gasteiger partial charge in [0.2, 0.25) is 11.8 Å². The van der Waals surface area contributed by atoms with Crippen LogP contribution < -0.4 is 4.74 Å². The predicted molar refractivity (Wildman–Crippen MR) is 142 cm³/mol. The Balaban J connectivity index is 1.20. The summed E-state index contributed by atoms with van der Waals surface area (Å²) in [7, 11) is 0. The van der Waals surface area contributed by atoms with E-state index in [9.17, 15) is 13.2 Å². The Labute approximate surface area is 224 Å². The minimum absolute atomic E-state index is 0.104. The van der Waals surface area contributed by atoms with Crippen LogP contribution >= 0.6 is 0 Å². The van der Waals surface area contributed by atoms with Crippen LogP contribution in [0.4, 0.5) is 13.2 Å². The Bertz CT molecular complexity index is 1460. The normalized spacial score (nSPS) is 12.4. The zero-order valence-electron chi connectivity index (χ0n) is 21.4. The Morgan fingerprint density at radius 3 is 2.05 bits per heavy atom. The van der Waals surface area contributed by atoms with Crippen molar-refractivity contribution < 1.29 is 22.3 Å². The highest BCUT2D eigenvalue weighted by atomic mass is 19.4. The summed E-state index contributed by atoms with van der Waals surface area (Å²) in [6.45, 7) is 2.45. The zero-order valence-corrected chi connectivity index (χ0v) is 21.4. The van der Waals surface area contributed by atoms with E-state index >= 15 is 0 Å². The molecule has 0 spiro atoms. The standard InChI is InChI=1S/C31H28F3N3O2/c1-2-5-29-35-36-30(39-29)28(37-18-3-4-19-37)20-22-8-16-27(17-9-22)38-21-23-6-10-24(11-7-23)25-12-14-26(15-13-25)31(32,33)34/h3-4,6-19,28H,2,5,20-21H2,1H3/t28-/m0/s1. The van der Waals surface area contributed by atoms with Gasteiger partial charge < -0.3 is 13.7 Å². The molecule has 2 aromatic heterocycles. The molecule has 0 fully saturated rings. The number of rotatable bonds is 10. The highest BCUT2D eigenvalue weighted by molar-refractivity contribution is 5.64. The lowest BCUT2D eigenvalue weighted by Crippen LogP contribution is -2.12. The minimum Gasteiger partial charge on any atom is -0.489 e. The fraction of sp³-hybridized carbons (Fsp3) is 0.226. The van der Waals surface area contributed by atoms with Gasteiger partial charge in [0.15, 0.2) is 0 Å². The van der Waals surface area contributed by atoms with Gasteiger partial charge in [-0.25, -0.2) is 0 Å². The van der Waals surface area contributed by atoms with Crippen molar-refractivity contribution in [2.24, 2.45) is 0 Å². The molecule has 0 aliphatic carbocycles. The number of alkyl halides is 3. The average Bonchev–Trinajstić information content (AvgIpc) is 3.64. The van der Waals surface area contributed by atoms with Crippen molar-refractivity contribution in [3.63, 3.8) is 0 Å². The summed E-state index contributed by atoms with van der Waals surface area (Å²) in [4.78, 5) is 0. The van der Waals surface area contributed by atoms with Crippen LogP contribution in [0, 0.1) is 0 Å². The molecular formula is C31H28F3N3O2. The first kappa shape index (κ1) is 26.3. The molecule has 1 atom stereocenters. The summed E-state index contributed by atoms with van der Waals surface area (Å²) in [5, 5.41) is 8.49. The monoisotopic (exact) mass is 531 g/mol. The Hall–Kier alpha value is -4.33. The quantitative estimate of drug-likeness (QED) is 0.184. The fourth-order valence-corrected chi connectivity index (χ4v) is 4.35. The van der Waals surface area contributed by atoms with E-state index < -0.39 is 11.7 Å². The molecule has 0 aliphatic heterocycles. The minimum atomic E-state index is -4.34. The number of halogens is 3. The van der Waals surface area contributed by atoms with Crippen LogP contribution in [0.25, 0.3) is 11.1 Å². The van der Waals surface area contributed by atoms with Gasteiger partial charge >= 0.3 is 6.18 Å². The Morgan fingerprint density at radius 1 is 0.821 bits per heavy atom. The van der Waals surface area contributed by atoms with Gasteiger partial charge in [0.1, 0.15) is 18.4 Å². The second kappa shape index (κ2) is 11.6. The zero-order chi connectivity index (χ0) is 27.2. The third-order valence-corrected chi connectivity index (χ3v) is 6.48. The maximum absolute atomic E-state index is 12.8. The van der Waals surface area contributed by atoms with Crippen LogP contribution in [0.15, 0.2) is 102 Å². The van der Waals surface area contributed by atoms with Gasteiger partial charge in [-0.3, -0.25) is 0 Å². The van der Waals surface area contributed by atoms with Gasteiger partial charge in [-0.2, -0.15) is 13.2 Å². The van der Waals surface area contributed by atoms with E-state index in [2.05, 4.69) is 21.7 Å². The highest BCUT2D eigenvalue weighted by Gasteiger charge is 2.30. The molecule has 2 heterocycles. The van der Waals surface area contributed by atoms with E-state index in [1.165, 1.54) is 12.1 Å². The van der Waals surface area contributed by atoms with Crippen molar-refractivity contribution >= 4 is 0 Å². The lowest BCUT2D eigenvalue weighted by Gasteiger charge is -2.16. The molecule has 0 aliphatic rings. The molecule has 3 aromatic carbocycles. The summed E-state index contributed by atoms with van der Waals surface area (Å²) >= 11 is 0. The number of aromatic nitrogens is 3. The van der Waals surface area contributed by atoms with Crippen molar-refractivity contribution in [2.75, 3.05) is 0 Å². The molecule has 0 saturated heterocycles. The molecule has 0 unspecified atom stereocenters. The second-order valence-corrected chi connectivity index (χ2v) is 9.34. The van der Waals surface area contributed by atoms with Crippen LogP contribution in [-0.2, 0) is 25.6 Å². The molecule has 200 valence electrons. The fourth-order valence-electron chi connectivity index (χ4n) is 4.35. The lowest BCUT2D eigenvalue weighted by molar-refractivity contribution is -0.137. The van der Waals surface area contributed by atoms with Crippen LogP contribution in [0.2, 0.25) is 0 Å². The van der Waals surface area contributed by atoms with Gasteiger partial charge in [-0.15, -0.1) is 10.2 Å². The SMILES string of the molecule is CCCc1nnc([C@H](Cc2ccc(OCc3ccc(-c4ccc(C(F)(F)F)cc4)cc3)cc2)n2cccc2)o1. The van der Waals surface area contributed by atoms with Crippen LogP contribution in [0.3, 0.4) is 0 Å². The molecule has 8 heteroatoms. The molecule has 5 aromatic rings. The summed E-state index contributed by atoms with van der Waals surface area (Å²) < 4.78 is 52.4. The highest BCUT2D eigenvalue weighted by Crippen LogP contribution is 2.31. The number of hydrogen-bond donors (Lipinski definition) is 0. The van der Waals surface area contributed by atoms with Crippen LogP contribution in [0.5, 0.6) is 5.75 Å². The Kier molecular flexibility index (Phi) is 7.81. The van der Waals surface area contributed by atoms with Crippen LogP contribution in [-0.4, -0.2) is 14.8 Å². The first-order chi connectivity index (χ1) is 18.9. The van der Waals surface area contributed by atoms with E-state index in [1.54, 1.807) is 0 Å².